The molecule has 26 heavy (non-hydrogen) atoms. The Balaban J connectivity index is 3.34. The summed E-state index contributed by atoms with van der Waals surface area (Å²) in [6.07, 6.45) is 20.5. The van der Waals surface area contributed by atoms with Crippen LogP contribution in [0.1, 0.15) is 96.8 Å². The van der Waals surface area contributed by atoms with E-state index in [0.717, 1.165) is 38.5 Å². The summed E-state index contributed by atoms with van der Waals surface area (Å²) in [6, 6.07) is 0. The van der Waals surface area contributed by atoms with Crippen LogP contribution in [0.5, 0.6) is 0 Å². The number of hydrogen-bond acceptors (Lipinski definition) is 4. The molecule has 0 bridgehead atoms. The third-order valence-corrected chi connectivity index (χ3v) is 7.36. The van der Waals surface area contributed by atoms with Crippen LogP contribution in [0, 0.1) is 0 Å². The fraction of sp³-hybridized carbons (Fsp3) is 0.889. The van der Waals surface area contributed by atoms with Gasteiger partial charge in [-0.05, 0) is 32.1 Å². The highest BCUT2D eigenvalue weighted by Gasteiger charge is 2.35. The Labute approximate surface area is 159 Å². The summed E-state index contributed by atoms with van der Waals surface area (Å²) in [5, 5.41) is 0. The van der Waals surface area contributed by atoms with Gasteiger partial charge in [-0.2, -0.15) is 8.42 Å². The maximum atomic E-state index is 11.1. The van der Waals surface area contributed by atoms with E-state index in [9.17, 15) is 13.0 Å². The lowest BCUT2D eigenvalue weighted by atomic mass is 10.1. The quantitative estimate of drug-likeness (QED) is 0.123. The van der Waals surface area contributed by atoms with Crippen molar-refractivity contribution < 1.29 is 27.0 Å². The van der Waals surface area contributed by atoms with E-state index in [1.54, 1.807) is 0 Å². The normalized spacial score (nSPS) is 14.7. The van der Waals surface area contributed by atoms with Crippen molar-refractivity contribution in [2.24, 2.45) is 0 Å². The number of allylic oxidation sites excluding steroid dienone is 2. The largest absolute Gasteiger partial charge is 0.469 e. The molecule has 0 aliphatic rings. The molecule has 0 fully saturated rings. The Morgan fingerprint density at radius 1 is 0.808 bits per heavy atom. The van der Waals surface area contributed by atoms with E-state index < -0.39 is 16.5 Å². The first-order valence-electron chi connectivity index (χ1n) is 9.91. The van der Waals surface area contributed by atoms with Crippen molar-refractivity contribution in [1.82, 2.24) is 0 Å². The van der Waals surface area contributed by atoms with Crippen molar-refractivity contribution in [3.05, 3.63) is 12.2 Å². The molecule has 0 radical (unpaired) electrons. The van der Waals surface area contributed by atoms with Crippen LogP contribution in [-0.2, 0) is 18.8 Å². The van der Waals surface area contributed by atoms with Gasteiger partial charge in [0.15, 0.2) is 0 Å². The maximum Gasteiger partial charge on any atom is 0.469 e. The van der Waals surface area contributed by atoms with Crippen molar-refractivity contribution in [2.45, 2.75) is 96.8 Å². The lowest BCUT2D eigenvalue weighted by Gasteiger charge is -2.08. The minimum absolute atomic E-state index is 0.144. The van der Waals surface area contributed by atoms with Gasteiger partial charge in [0.2, 0.25) is 0 Å². The van der Waals surface area contributed by atoms with E-state index in [4.69, 9.17) is 9.45 Å². The first-order chi connectivity index (χ1) is 12.3. The van der Waals surface area contributed by atoms with Crippen LogP contribution in [0.15, 0.2) is 12.2 Å². The van der Waals surface area contributed by atoms with Gasteiger partial charge in [0.1, 0.15) is 0 Å². The second-order valence-electron chi connectivity index (χ2n) is 6.69. The first kappa shape index (κ1) is 25.8. The zero-order valence-corrected chi connectivity index (χ0v) is 17.9. The molecular weight excluding hydrogens is 375 g/mol. The Hall–Kier alpha value is -0.200. The van der Waals surface area contributed by atoms with Crippen LogP contribution >= 0.6 is 6.80 Å². The molecule has 2 N–H and O–H groups in total. The highest BCUT2D eigenvalue weighted by Crippen LogP contribution is 2.48. The van der Waals surface area contributed by atoms with Crippen molar-refractivity contribution in [2.75, 3.05) is 6.61 Å². The standard InChI is InChI=1S/C18H37O6PS/c1-2-3-4-5-6-7-8-9-10-11-12-13-14-15-16-17-18-24-25(19,20)26(21,22)23/h9-10H,2-8,11-18H2,1H3,(H,19,20)(H,21,22,23). The topological polar surface area (TPSA) is 101 Å². The van der Waals surface area contributed by atoms with Gasteiger partial charge in [0.05, 0.1) is 6.61 Å². The second-order valence-corrected chi connectivity index (χ2v) is 11.5. The van der Waals surface area contributed by atoms with Crippen LogP contribution < -0.4 is 0 Å². The molecule has 1 unspecified atom stereocenters. The molecule has 0 aliphatic heterocycles. The average molecular weight is 413 g/mol. The summed E-state index contributed by atoms with van der Waals surface area (Å²) in [5.41, 5.74) is 0. The third-order valence-electron chi connectivity index (χ3n) is 4.20. The van der Waals surface area contributed by atoms with Gasteiger partial charge in [-0.3, -0.25) is 9.08 Å². The van der Waals surface area contributed by atoms with Gasteiger partial charge in [-0.1, -0.05) is 76.9 Å². The second kappa shape index (κ2) is 15.8. The molecule has 0 spiro atoms. The summed E-state index contributed by atoms with van der Waals surface area (Å²) in [4.78, 5) is 8.97. The van der Waals surface area contributed by atoms with E-state index in [0.29, 0.717) is 6.42 Å². The van der Waals surface area contributed by atoms with Gasteiger partial charge in [0.25, 0.3) is 0 Å². The first-order valence-corrected chi connectivity index (χ1v) is 13.5. The van der Waals surface area contributed by atoms with Crippen LogP contribution in [0.2, 0.25) is 0 Å². The minimum atomic E-state index is -5.04. The van der Waals surface area contributed by atoms with Gasteiger partial charge >= 0.3 is 16.5 Å². The third kappa shape index (κ3) is 14.9. The molecule has 0 aromatic carbocycles. The number of rotatable bonds is 18. The highest BCUT2D eigenvalue weighted by molar-refractivity contribution is 8.46. The van der Waals surface area contributed by atoms with Gasteiger partial charge < -0.3 is 4.89 Å². The molecule has 0 heterocycles. The molecule has 0 aliphatic carbocycles. The zero-order chi connectivity index (χ0) is 19.7. The fourth-order valence-corrected chi connectivity index (χ4v) is 3.71. The molecule has 0 amide bonds. The average Bonchev–Trinajstić information content (AvgIpc) is 2.56. The minimum Gasteiger partial charge on any atom is -0.312 e. The van der Waals surface area contributed by atoms with E-state index >= 15 is 0 Å². The molecule has 0 saturated carbocycles. The van der Waals surface area contributed by atoms with Crippen molar-refractivity contribution in [3.63, 3.8) is 0 Å². The van der Waals surface area contributed by atoms with Crippen molar-refractivity contribution in [1.29, 1.82) is 0 Å². The maximum absolute atomic E-state index is 11.1. The van der Waals surface area contributed by atoms with Crippen molar-refractivity contribution in [3.8, 4) is 0 Å². The molecule has 0 rings (SSSR count). The summed E-state index contributed by atoms with van der Waals surface area (Å²) in [6.45, 7) is -2.85. The van der Waals surface area contributed by atoms with Crippen LogP contribution in [0.25, 0.3) is 0 Å². The molecular formula is C18H37O6PS. The predicted molar refractivity (Wildman–Crippen MR) is 107 cm³/mol. The molecule has 6 nitrogen and oxygen atoms in total. The Bertz CT molecular complexity index is 504. The Kier molecular flexibility index (Phi) is 15.7. The molecule has 8 heteroatoms. The van der Waals surface area contributed by atoms with E-state index in [1.165, 1.54) is 44.9 Å². The monoisotopic (exact) mass is 412 g/mol. The predicted octanol–water partition coefficient (Wildman–Crippen LogP) is 6.03. The van der Waals surface area contributed by atoms with Gasteiger partial charge in [0, 0.05) is 0 Å². The fourth-order valence-electron chi connectivity index (χ4n) is 2.60. The lowest BCUT2D eigenvalue weighted by molar-refractivity contribution is 0.261. The van der Waals surface area contributed by atoms with Crippen LogP contribution in [0.3, 0.4) is 0 Å². The Morgan fingerprint density at radius 3 is 1.69 bits per heavy atom. The Morgan fingerprint density at radius 2 is 1.23 bits per heavy atom. The summed E-state index contributed by atoms with van der Waals surface area (Å²) >= 11 is 0. The summed E-state index contributed by atoms with van der Waals surface area (Å²) in [7, 11) is -5.04. The van der Waals surface area contributed by atoms with Gasteiger partial charge in [-0.25, -0.2) is 4.57 Å². The molecule has 0 aromatic heterocycles. The molecule has 0 saturated heterocycles. The van der Waals surface area contributed by atoms with Gasteiger partial charge in [-0.15, -0.1) is 0 Å². The number of unbranched alkanes of at least 4 members (excludes halogenated alkanes) is 12. The van der Waals surface area contributed by atoms with E-state index in [-0.39, 0.29) is 6.61 Å². The molecule has 156 valence electrons. The van der Waals surface area contributed by atoms with Crippen molar-refractivity contribution >= 4 is 16.5 Å². The SMILES string of the molecule is CCCCCCCCC=CCCCCCCCCOP(=O)(O)S(=O)(=O)O. The molecule has 0 aromatic rings. The summed E-state index contributed by atoms with van der Waals surface area (Å²) in [5.74, 6) is 0. The number of hydrogen-bond donors (Lipinski definition) is 2. The van der Waals surface area contributed by atoms with Crippen LogP contribution in [-0.4, -0.2) is 24.5 Å². The highest BCUT2D eigenvalue weighted by atomic mass is 32.8. The zero-order valence-electron chi connectivity index (χ0n) is 16.1. The smallest absolute Gasteiger partial charge is 0.312 e. The van der Waals surface area contributed by atoms with E-state index in [2.05, 4.69) is 23.6 Å². The van der Waals surface area contributed by atoms with E-state index in [1.807, 2.05) is 0 Å². The van der Waals surface area contributed by atoms with Crippen LogP contribution in [0.4, 0.5) is 0 Å². The lowest BCUT2D eigenvalue weighted by Crippen LogP contribution is -2.03. The summed E-state index contributed by atoms with van der Waals surface area (Å²) < 4.78 is 45.1. The molecule has 1 atom stereocenters.